The number of urea groups is 1. The molecule has 0 spiro atoms. The first-order valence-corrected chi connectivity index (χ1v) is 5.71. The van der Waals surface area contributed by atoms with Crippen LogP contribution in [0.4, 0.5) is 10.5 Å². The lowest BCUT2D eigenvalue weighted by atomic mass is 10.0. The smallest absolute Gasteiger partial charge is 0.352 e. The number of carboxylic acid groups (broad SMARTS) is 1. The van der Waals surface area contributed by atoms with Crippen molar-refractivity contribution in [3.05, 3.63) is 29.8 Å². The van der Waals surface area contributed by atoms with Gasteiger partial charge in [-0.05, 0) is 23.6 Å². The molecule has 1 heterocycles. The van der Waals surface area contributed by atoms with Crippen LogP contribution >= 0.6 is 0 Å². The highest BCUT2D eigenvalue weighted by Gasteiger charge is 2.28. The molecule has 0 aromatic heterocycles. The maximum atomic E-state index is 11.6. The minimum absolute atomic E-state index is 0.0230. The van der Waals surface area contributed by atoms with Gasteiger partial charge in [0.25, 0.3) is 0 Å². The van der Waals surface area contributed by atoms with Crippen LogP contribution in [0.2, 0.25) is 0 Å². The Balaban J connectivity index is 2.19. The fraction of sp³-hybridized carbons (Fsp3) is 0.308. The normalized spacial score (nSPS) is 15.2. The number of carbonyl (C=O) groups excluding carboxylic acids is 1. The number of rotatable bonds is 3. The van der Waals surface area contributed by atoms with Gasteiger partial charge in [-0.2, -0.15) is 4.99 Å². The molecule has 2 amide bonds. The second-order valence-corrected chi connectivity index (χ2v) is 4.48. The number of aliphatic carboxylic acids is 1. The predicted octanol–water partition coefficient (Wildman–Crippen LogP) is 2.28. The number of carbonyl (C=O) groups is 2. The molecule has 0 aliphatic carbocycles. The molecule has 0 bridgehead atoms. The van der Waals surface area contributed by atoms with Crippen molar-refractivity contribution < 1.29 is 14.7 Å². The molecule has 1 aromatic carbocycles. The van der Waals surface area contributed by atoms with Gasteiger partial charge in [-0.25, -0.2) is 9.59 Å². The molecule has 0 fully saturated rings. The van der Waals surface area contributed by atoms with Crippen LogP contribution in [-0.4, -0.2) is 29.4 Å². The molecule has 0 atom stereocenters. The summed E-state index contributed by atoms with van der Waals surface area (Å²) in [5.74, 6) is -0.733. The standard InChI is InChI=1S/C13H14N2O3/c1-8(2)9-3-5-10(6-4-9)15-7-11(12(16)17)14-13(15)18/h3-6,8H,7H2,1-2H3,(H,16,17). The lowest BCUT2D eigenvalue weighted by Crippen LogP contribution is -2.28. The fourth-order valence-corrected chi connectivity index (χ4v) is 1.78. The molecule has 94 valence electrons. The second-order valence-electron chi connectivity index (χ2n) is 4.48. The predicted molar refractivity (Wildman–Crippen MR) is 68.3 cm³/mol. The molecule has 5 nitrogen and oxygen atoms in total. The Morgan fingerprint density at radius 1 is 1.33 bits per heavy atom. The van der Waals surface area contributed by atoms with E-state index in [1.165, 1.54) is 10.5 Å². The largest absolute Gasteiger partial charge is 0.477 e. The van der Waals surface area contributed by atoms with Gasteiger partial charge in [-0.3, -0.25) is 4.90 Å². The number of carboxylic acids is 1. The molecule has 0 radical (unpaired) electrons. The van der Waals surface area contributed by atoms with Crippen molar-refractivity contribution in [2.24, 2.45) is 4.99 Å². The molecule has 2 rings (SSSR count). The summed E-state index contributed by atoms with van der Waals surface area (Å²) in [6.07, 6.45) is 0. The van der Waals surface area contributed by atoms with Crippen LogP contribution in [0.5, 0.6) is 0 Å². The van der Waals surface area contributed by atoms with Crippen LogP contribution in [0, 0.1) is 0 Å². The van der Waals surface area contributed by atoms with E-state index in [2.05, 4.69) is 18.8 Å². The molecule has 18 heavy (non-hydrogen) atoms. The van der Waals surface area contributed by atoms with Crippen LogP contribution < -0.4 is 4.90 Å². The van der Waals surface area contributed by atoms with E-state index < -0.39 is 12.0 Å². The minimum Gasteiger partial charge on any atom is -0.477 e. The lowest BCUT2D eigenvalue weighted by Gasteiger charge is -2.15. The van der Waals surface area contributed by atoms with Gasteiger partial charge in [0.05, 0.1) is 6.54 Å². The second kappa shape index (κ2) is 4.60. The molecule has 1 aliphatic heterocycles. The van der Waals surface area contributed by atoms with Crippen LogP contribution in [-0.2, 0) is 4.79 Å². The zero-order valence-electron chi connectivity index (χ0n) is 10.3. The number of aliphatic imine (C=N–C) groups is 1. The van der Waals surface area contributed by atoms with Gasteiger partial charge in [-0.1, -0.05) is 26.0 Å². The summed E-state index contributed by atoms with van der Waals surface area (Å²) in [6.45, 7) is 4.19. The topological polar surface area (TPSA) is 70.0 Å². The zero-order valence-corrected chi connectivity index (χ0v) is 10.3. The summed E-state index contributed by atoms with van der Waals surface area (Å²) < 4.78 is 0. The molecular formula is C13H14N2O3. The number of amides is 2. The summed E-state index contributed by atoms with van der Waals surface area (Å²) in [7, 11) is 0. The monoisotopic (exact) mass is 246 g/mol. The minimum atomic E-state index is -1.15. The molecule has 1 aromatic rings. The highest BCUT2D eigenvalue weighted by molar-refractivity contribution is 6.41. The first kappa shape index (κ1) is 12.3. The van der Waals surface area contributed by atoms with Crippen molar-refractivity contribution in [1.82, 2.24) is 0 Å². The average molecular weight is 246 g/mol. The van der Waals surface area contributed by atoms with E-state index in [0.717, 1.165) is 0 Å². The number of nitrogens with zero attached hydrogens (tertiary/aromatic N) is 2. The maximum Gasteiger partial charge on any atom is 0.352 e. The lowest BCUT2D eigenvalue weighted by molar-refractivity contribution is -0.129. The van der Waals surface area contributed by atoms with E-state index >= 15 is 0 Å². The van der Waals surface area contributed by atoms with Gasteiger partial charge in [-0.15, -0.1) is 0 Å². The third-order valence-corrected chi connectivity index (χ3v) is 2.89. The summed E-state index contributed by atoms with van der Waals surface area (Å²) >= 11 is 0. The third-order valence-electron chi connectivity index (χ3n) is 2.89. The fourth-order valence-electron chi connectivity index (χ4n) is 1.78. The van der Waals surface area contributed by atoms with Crippen LogP contribution in [0.25, 0.3) is 0 Å². The summed E-state index contributed by atoms with van der Waals surface area (Å²) in [4.78, 5) is 27.2. The van der Waals surface area contributed by atoms with Crippen LogP contribution in [0.1, 0.15) is 25.3 Å². The highest BCUT2D eigenvalue weighted by atomic mass is 16.4. The average Bonchev–Trinajstić information content (AvgIpc) is 2.71. The molecular weight excluding hydrogens is 232 g/mol. The Hall–Kier alpha value is -2.17. The van der Waals surface area contributed by atoms with Crippen LogP contribution in [0.3, 0.4) is 0 Å². The van der Waals surface area contributed by atoms with Gasteiger partial charge in [0.15, 0.2) is 5.71 Å². The first-order chi connectivity index (χ1) is 8.49. The molecule has 1 N–H and O–H groups in total. The van der Waals surface area contributed by atoms with Gasteiger partial charge in [0.1, 0.15) is 0 Å². The van der Waals surface area contributed by atoms with Crippen molar-refractivity contribution in [3.63, 3.8) is 0 Å². The first-order valence-electron chi connectivity index (χ1n) is 5.71. The van der Waals surface area contributed by atoms with E-state index in [9.17, 15) is 9.59 Å². The van der Waals surface area contributed by atoms with Crippen molar-refractivity contribution in [2.75, 3.05) is 11.4 Å². The van der Waals surface area contributed by atoms with Gasteiger partial charge < -0.3 is 5.11 Å². The summed E-state index contributed by atoms with van der Waals surface area (Å²) in [5, 5.41) is 8.80. The van der Waals surface area contributed by atoms with E-state index in [4.69, 9.17) is 5.11 Å². The SMILES string of the molecule is CC(C)c1ccc(N2CC(C(=O)O)=NC2=O)cc1. The molecule has 0 unspecified atom stereocenters. The highest BCUT2D eigenvalue weighted by Crippen LogP contribution is 2.22. The van der Waals surface area contributed by atoms with E-state index in [0.29, 0.717) is 11.6 Å². The molecule has 5 heteroatoms. The van der Waals surface area contributed by atoms with E-state index in [-0.39, 0.29) is 12.3 Å². The van der Waals surface area contributed by atoms with Gasteiger partial charge in [0, 0.05) is 5.69 Å². The van der Waals surface area contributed by atoms with Crippen molar-refractivity contribution in [3.8, 4) is 0 Å². The molecule has 0 saturated heterocycles. The van der Waals surface area contributed by atoms with Crippen molar-refractivity contribution >= 4 is 23.4 Å². The summed E-state index contributed by atoms with van der Waals surface area (Å²) in [6, 6.07) is 6.98. The summed E-state index contributed by atoms with van der Waals surface area (Å²) in [5.41, 5.74) is 1.72. The number of hydrogen-bond donors (Lipinski definition) is 1. The van der Waals surface area contributed by atoms with Gasteiger partial charge >= 0.3 is 12.0 Å². The Bertz CT molecular complexity index is 518. The Labute approximate surface area is 105 Å². The Morgan fingerprint density at radius 3 is 2.39 bits per heavy atom. The zero-order chi connectivity index (χ0) is 13.3. The van der Waals surface area contributed by atoms with Crippen molar-refractivity contribution in [2.45, 2.75) is 19.8 Å². The Kier molecular flexibility index (Phi) is 3.14. The molecule has 0 saturated carbocycles. The number of hydrogen-bond acceptors (Lipinski definition) is 2. The number of benzene rings is 1. The third kappa shape index (κ3) is 2.25. The van der Waals surface area contributed by atoms with Crippen LogP contribution in [0.15, 0.2) is 29.3 Å². The Morgan fingerprint density at radius 2 is 1.94 bits per heavy atom. The van der Waals surface area contributed by atoms with Crippen molar-refractivity contribution in [1.29, 1.82) is 0 Å². The molecule has 1 aliphatic rings. The maximum absolute atomic E-state index is 11.6. The van der Waals surface area contributed by atoms with E-state index in [1.807, 2.05) is 24.3 Å². The quantitative estimate of drug-likeness (QED) is 0.889. The number of anilines is 1. The van der Waals surface area contributed by atoms with E-state index in [1.54, 1.807) is 0 Å². The van der Waals surface area contributed by atoms with Gasteiger partial charge in [0.2, 0.25) is 0 Å².